The van der Waals surface area contributed by atoms with Crippen LogP contribution in [0.5, 0.6) is 0 Å². The van der Waals surface area contributed by atoms with Gasteiger partial charge in [0, 0.05) is 40.1 Å². The van der Waals surface area contributed by atoms with Crippen LogP contribution in [0.4, 0.5) is 28.4 Å². The predicted octanol–water partition coefficient (Wildman–Crippen LogP) is 7.44. The van der Waals surface area contributed by atoms with Crippen molar-refractivity contribution in [3.63, 3.8) is 0 Å². The van der Waals surface area contributed by atoms with Crippen molar-refractivity contribution in [1.82, 2.24) is 4.98 Å². The van der Waals surface area contributed by atoms with Gasteiger partial charge in [-0.3, -0.25) is 4.98 Å². The summed E-state index contributed by atoms with van der Waals surface area (Å²) < 4.78 is 0. The fourth-order valence-corrected chi connectivity index (χ4v) is 6.90. The molecule has 180 valence electrons. The van der Waals surface area contributed by atoms with Crippen LogP contribution in [0.3, 0.4) is 0 Å². The highest BCUT2D eigenvalue weighted by Gasteiger charge is 2.48. The molecule has 0 radical (unpaired) electrons. The number of hydrogen-bond acceptors (Lipinski definition) is 3. The molecule has 0 spiro atoms. The Morgan fingerprint density at radius 3 is 2.00 bits per heavy atom. The van der Waals surface area contributed by atoms with E-state index >= 15 is 0 Å². The van der Waals surface area contributed by atoms with E-state index in [1.165, 1.54) is 61.5 Å². The van der Waals surface area contributed by atoms with Gasteiger partial charge in [-0.15, -0.1) is 0 Å². The van der Waals surface area contributed by atoms with Gasteiger partial charge in [0.05, 0.1) is 11.4 Å². The van der Waals surface area contributed by atoms with Gasteiger partial charge < -0.3 is 9.71 Å². The average Bonchev–Trinajstić information content (AvgIpc) is 3.02. The van der Waals surface area contributed by atoms with Crippen molar-refractivity contribution >= 4 is 46.2 Å². The topological polar surface area (TPSA) is 19.4 Å². The van der Waals surface area contributed by atoms with Gasteiger partial charge in [0.15, 0.2) is 0 Å². The highest BCUT2D eigenvalue weighted by molar-refractivity contribution is 6.95. The molecule has 3 aliphatic rings. The second kappa shape index (κ2) is 7.72. The fraction of sp³-hybridized carbons (Fsp3) is 0. The number of aromatic nitrogens is 1. The summed E-state index contributed by atoms with van der Waals surface area (Å²) in [7, 11) is 0. The van der Waals surface area contributed by atoms with Crippen molar-refractivity contribution in [2.75, 3.05) is 9.71 Å². The molecule has 0 N–H and O–H groups in total. The molecule has 4 heteroatoms. The van der Waals surface area contributed by atoms with Gasteiger partial charge in [-0.25, -0.2) is 0 Å². The molecule has 0 saturated carbocycles. The first-order chi connectivity index (χ1) is 19.4. The Hall–Kier alpha value is -5.09. The molecule has 0 unspecified atom stereocenters. The Labute approximate surface area is 227 Å². The maximum Gasteiger partial charge on any atom is 0.333 e. The predicted molar refractivity (Wildman–Crippen MR) is 162 cm³/mol. The lowest BCUT2D eigenvalue weighted by molar-refractivity contribution is 1.23. The Bertz CT molecular complexity index is 1850. The van der Waals surface area contributed by atoms with Gasteiger partial charge in [-0.2, -0.15) is 0 Å². The van der Waals surface area contributed by atoms with Gasteiger partial charge in [-0.05, 0) is 70.1 Å². The lowest BCUT2D eigenvalue weighted by Gasteiger charge is -2.48. The molecule has 0 fully saturated rings. The summed E-state index contributed by atoms with van der Waals surface area (Å²) in [6.45, 7) is 0.0857. The van der Waals surface area contributed by atoms with E-state index in [1.807, 2.05) is 6.20 Å². The van der Waals surface area contributed by atoms with Crippen LogP contribution in [-0.2, 0) is 0 Å². The summed E-state index contributed by atoms with van der Waals surface area (Å²) >= 11 is 0. The number of anilines is 5. The number of hydrogen-bond donors (Lipinski definition) is 0. The minimum atomic E-state index is 0.0857. The number of pyridine rings is 1. The molecule has 5 aromatic carbocycles. The third-order valence-electron chi connectivity index (χ3n) is 8.42. The van der Waals surface area contributed by atoms with Crippen molar-refractivity contribution in [2.45, 2.75) is 0 Å². The van der Waals surface area contributed by atoms with E-state index in [0.717, 1.165) is 11.4 Å². The van der Waals surface area contributed by atoms with Crippen molar-refractivity contribution < 1.29 is 0 Å². The summed E-state index contributed by atoms with van der Waals surface area (Å²) in [5, 5.41) is 0. The molecule has 39 heavy (non-hydrogen) atoms. The molecule has 3 aliphatic heterocycles. The second-order valence-corrected chi connectivity index (χ2v) is 10.4. The zero-order valence-electron chi connectivity index (χ0n) is 21.1. The summed E-state index contributed by atoms with van der Waals surface area (Å²) in [6.07, 6.45) is 1.91. The third-order valence-corrected chi connectivity index (χ3v) is 8.42. The van der Waals surface area contributed by atoms with Crippen LogP contribution in [0.2, 0.25) is 0 Å². The van der Waals surface area contributed by atoms with Gasteiger partial charge in [0.2, 0.25) is 0 Å². The molecule has 0 atom stereocenters. The molecule has 9 rings (SSSR count). The summed E-state index contributed by atoms with van der Waals surface area (Å²) in [4.78, 5) is 9.91. The Morgan fingerprint density at radius 1 is 0.487 bits per heavy atom. The van der Waals surface area contributed by atoms with E-state index in [1.54, 1.807) is 0 Å². The van der Waals surface area contributed by atoms with E-state index in [2.05, 4.69) is 137 Å². The number of nitrogens with zero attached hydrogens (tertiary/aromatic N) is 3. The van der Waals surface area contributed by atoms with E-state index in [0.29, 0.717) is 0 Å². The van der Waals surface area contributed by atoms with Crippen LogP contribution in [-0.4, -0.2) is 11.8 Å². The zero-order chi connectivity index (χ0) is 25.5. The van der Waals surface area contributed by atoms with Gasteiger partial charge in [-0.1, -0.05) is 84.9 Å². The molecule has 1 aromatic heterocycles. The summed E-state index contributed by atoms with van der Waals surface area (Å²) in [6, 6.07) is 46.1. The van der Waals surface area contributed by atoms with Gasteiger partial charge in [0.1, 0.15) is 0 Å². The molecule has 0 saturated heterocycles. The monoisotopic (exact) mass is 495 g/mol. The summed E-state index contributed by atoms with van der Waals surface area (Å²) in [5.74, 6) is 0. The number of para-hydroxylation sites is 1. The highest BCUT2D eigenvalue weighted by Crippen LogP contribution is 2.50. The van der Waals surface area contributed by atoms with Gasteiger partial charge in [0.25, 0.3) is 0 Å². The first kappa shape index (κ1) is 20.9. The van der Waals surface area contributed by atoms with E-state index in [-0.39, 0.29) is 6.85 Å². The molecule has 0 aliphatic carbocycles. The van der Waals surface area contributed by atoms with Crippen molar-refractivity contribution in [1.29, 1.82) is 0 Å². The third kappa shape index (κ3) is 2.75. The normalized spacial score (nSPS) is 13.5. The molecule has 4 heterocycles. The molecular weight excluding hydrogens is 473 g/mol. The van der Waals surface area contributed by atoms with Crippen LogP contribution in [0.15, 0.2) is 134 Å². The SMILES string of the molecule is c1ccc(-c2cccc(N3c4cccc5c4B4c6c(cccc63)-c3ncccc3N4c3ccccc3-5)c2)cc1. The van der Waals surface area contributed by atoms with Crippen LogP contribution < -0.4 is 20.6 Å². The van der Waals surface area contributed by atoms with Crippen molar-refractivity contribution in [3.05, 3.63) is 134 Å². The zero-order valence-corrected chi connectivity index (χ0v) is 21.1. The van der Waals surface area contributed by atoms with E-state index < -0.39 is 0 Å². The molecule has 3 nitrogen and oxygen atoms in total. The van der Waals surface area contributed by atoms with Crippen LogP contribution in [0.1, 0.15) is 0 Å². The Morgan fingerprint density at radius 2 is 1.13 bits per heavy atom. The largest absolute Gasteiger partial charge is 0.375 e. The smallest absolute Gasteiger partial charge is 0.333 e. The van der Waals surface area contributed by atoms with Crippen LogP contribution >= 0.6 is 0 Å². The quantitative estimate of drug-likeness (QED) is 0.233. The van der Waals surface area contributed by atoms with E-state index in [9.17, 15) is 0 Å². The lowest BCUT2D eigenvalue weighted by Crippen LogP contribution is -2.63. The highest BCUT2D eigenvalue weighted by atomic mass is 15.2. The fourth-order valence-electron chi connectivity index (χ4n) is 6.90. The first-order valence-corrected chi connectivity index (χ1v) is 13.4. The lowest BCUT2D eigenvalue weighted by atomic mass is 9.41. The standard InChI is InChI=1S/C35H22BN3/c1-2-10-23(11-3-1)24-12-6-13-25(22-24)38-30-18-7-15-27-26-14-4-5-17-29(26)39-32-20-9-21-37-35(32)28-16-8-19-31(38)34(28)36(39)33(27)30/h1-22H. The van der Waals surface area contributed by atoms with Gasteiger partial charge >= 0.3 is 6.85 Å². The number of benzene rings is 5. The minimum Gasteiger partial charge on any atom is -0.375 e. The molecule has 0 amide bonds. The van der Waals surface area contributed by atoms with Crippen LogP contribution in [0, 0.1) is 0 Å². The Kier molecular flexibility index (Phi) is 4.14. The number of rotatable bonds is 2. The Balaban J connectivity index is 1.39. The molecule has 6 aromatic rings. The van der Waals surface area contributed by atoms with Crippen molar-refractivity contribution in [3.8, 4) is 33.5 Å². The van der Waals surface area contributed by atoms with E-state index in [4.69, 9.17) is 4.98 Å². The van der Waals surface area contributed by atoms with Crippen LogP contribution in [0.25, 0.3) is 33.5 Å². The number of fused-ring (bicyclic) bond motifs is 6. The summed E-state index contributed by atoms with van der Waals surface area (Å²) in [5.41, 5.74) is 16.0. The maximum atomic E-state index is 4.93. The van der Waals surface area contributed by atoms with Crippen molar-refractivity contribution in [2.24, 2.45) is 0 Å². The average molecular weight is 495 g/mol. The molecular formula is C35H22BN3. The minimum absolute atomic E-state index is 0.0857. The molecule has 0 bridgehead atoms. The second-order valence-electron chi connectivity index (χ2n) is 10.4. The first-order valence-electron chi connectivity index (χ1n) is 13.4. The maximum absolute atomic E-state index is 4.93.